The average Bonchev–Trinajstić information content (AvgIpc) is 2.42. The average molecular weight is 404 g/mol. The number of aromatic hydroxyl groups is 1. The molecule has 0 spiro atoms. The van der Waals surface area contributed by atoms with E-state index in [9.17, 15) is 14.3 Å². The van der Waals surface area contributed by atoms with Gasteiger partial charge in [0.1, 0.15) is 23.8 Å². The summed E-state index contributed by atoms with van der Waals surface area (Å²) in [6, 6.07) is 10.3. The van der Waals surface area contributed by atoms with Gasteiger partial charge in [-0.2, -0.15) is 0 Å². The predicted molar refractivity (Wildman–Crippen MR) is 85.5 cm³/mol. The maximum absolute atomic E-state index is 12.8. The summed E-state index contributed by atoms with van der Waals surface area (Å²) in [5.41, 5.74) is 0.934. The number of hydrogen-bond acceptors (Lipinski definition) is 3. The fraction of sp³-hybridized carbons (Fsp3) is 0.0714. The van der Waals surface area contributed by atoms with Crippen molar-refractivity contribution >= 4 is 34.3 Å². The minimum Gasteiger partial charge on any atom is -0.507 e. The van der Waals surface area contributed by atoms with Crippen molar-refractivity contribution in [2.24, 2.45) is 0 Å². The summed E-state index contributed by atoms with van der Waals surface area (Å²) in [6.07, 6.45) is 0.113. The molecule has 0 aliphatic rings. The maximum atomic E-state index is 12.8. The number of hydrogen-bond donors (Lipinski definition) is 1. The minimum absolute atomic E-state index is 0.107. The lowest BCUT2D eigenvalue weighted by Crippen LogP contribution is -2.04. The highest BCUT2D eigenvalue weighted by molar-refractivity contribution is 14.2. The molecular formula is C14H11FIO3P. The van der Waals surface area contributed by atoms with Crippen molar-refractivity contribution in [1.29, 1.82) is 0 Å². The summed E-state index contributed by atoms with van der Waals surface area (Å²) in [5.74, 6) is -0.152. The van der Waals surface area contributed by atoms with Gasteiger partial charge in [0, 0.05) is 12.5 Å². The highest BCUT2D eigenvalue weighted by Crippen LogP contribution is 2.31. The first-order valence-corrected chi connectivity index (χ1v) is 9.75. The van der Waals surface area contributed by atoms with Crippen molar-refractivity contribution in [3.05, 3.63) is 59.4 Å². The molecule has 104 valence electrons. The van der Waals surface area contributed by atoms with E-state index in [0.29, 0.717) is 11.3 Å². The van der Waals surface area contributed by atoms with Gasteiger partial charge in [-0.3, -0.25) is 4.79 Å². The normalized spacial score (nSPS) is 10.9. The highest BCUT2D eigenvalue weighted by Gasteiger charge is 2.13. The third kappa shape index (κ3) is 3.90. The minimum atomic E-state index is -0.342. The topological polar surface area (TPSA) is 46.5 Å². The van der Waals surface area contributed by atoms with E-state index in [-0.39, 0.29) is 35.8 Å². The predicted octanol–water partition coefficient (Wildman–Crippen LogP) is 4.28. The second kappa shape index (κ2) is 6.99. The number of halogens is 2. The molecule has 6 heteroatoms. The Kier molecular flexibility index (Phi) is 5.31. The van der Waals surface area contributed by atoms with Gasteiger partial charge in [0.05, 0.1) is 5.56 Å². The molecule has 1 atom stereocenters. The van der Waals surface area contributed by atoms with Crippen LogP contribution in [0.2, 0.25) is 0 Å². The number of carbonyl (C=O) groups is 1. The Morgan fingerprint density at radius 3 is 2.55 bits per heavy atom. The molecule has 1 N–H and O–H groups in total. The van der Waals surface area contributed by atoms with E-state index in [4.69, 9.17) is 4.52 Å². The molecule has 1 unspecified atom stereocenters. The number of rotatable bonds is 5. The van der Waals surface area contributed by atoms with E-state index < -0.39 is 0 Å². The molecule has 0 saturated heterocycles. The molecular weight excluding hydrogens is 393 g/mol. The second-order valence-corrected chi connectivity index (χ2v) is 5.76. The zero-order valence-corrected chi connectivity index (χ0v) is 13.4. The van der Waals surface area contributed by atoms with Gasteiger partial charge in [-0.1, -0.05) is 12.1 Å². The van der Waals surface area contributed by atoms with Crippen LogP contribution in [0.5, 0.6) is 11.5 Å². The van der Waals surface area contributed by atoms with Crippen LogP contribution in [0.4, 0.5) is 4.39 Å². The molecule has 0 radical (unpaired) electrons. The van der Waals surface area contributed by atoms with Gasteiger partial charge in [0.15, 0.2) is 5.78 Å². The van der Waals surface area contributed by atoms with Gasteiger partial charge in [0.2, 0.25) is 0 Å². The Hall–Kier alpha value is -1.20. The van der Waals surface area contributed by atoms with Crippen molar-refractivity contribution < 1.29 is 18.8 Å². The first kappa shape index (κ1) is 15.2. The second-order valence-electron chi connectivity index (χ2n) is 4.08. The zero-order chi connectivity index (χ0) is 14.5. The van der Waals surface area contributed by atoms with Crippen LogP contribution in [0.3, 0.4) is 0 Å². The van der Waals surface area contributed by atoms with E-state index in [2.05, 4.69) is 22.0 Å². The molecule has 0 aromatic heterocycles. The maximum Gasteiger partial charge on any atom is 0.170 e. The Bertz CT molecular complexity index is 616. The van der Waals surface area contributed by atoms with E-state index in [0.717, 1.165) is 0 Å². The van der Waals surface area contributed by atoms with Crippen LogP contribution in [0.25, 0.3) is 0 Å². The molecule has 2 rings (SSSR count). The van der Waals surface area contributed by atoms with E-state index in [1.807, 2.05) is 0 Å². The fourth-order valence-electron chi connectivity index (χ4n) is 1.74. The Morgan fingerprint density at radius 1 is 1.25 bits per heavy atom. The molecule has 2 aromatic carbocycles. The molecule has 2 aromatic rings. The van der Waals surface area contributed by atoms with Crippen molar-refractivity contribution in [3.63, 3.8) is 0 Å². The smallest absolute Gasteiger partial charge is 0.170 e. The van der Waals surface area contributed by atoms with E-state index in [1.165, 1.54) is 24.3 Å². The lowest BCUT2D eigenvalue weighted by atomic mass is 10.0. The third-order valence-electron chi connectivity index (χ3n) is 2.70. The number of ketones is 1. The summed E-state index contributed by atoms with van der Waals surface area (Å²) >= 11 is 2.07. The summed E-state index contributed by atoms with van der Waals surface area (Å²) in [5, 5.41) is 9.85. The molecule has 0 amide bonds. The summed E-state index contributed by atoms with van der Waals surface area (Å²) < 4.78 is 18.0. The molecule has 0 saturated carbocycles. The lowest BCUT2D eigenvalue weighted by Gasteiger charge is -2.07. The van der Waals surface area contributed by atoms with Crippen molar-refractivity contribution in [3.8, 4) is 11.5 Å². The summed E-state index contributed by atoms with van der Waals surface area (Å²) in [4.78, 5) is 12.1. The van der Waals surface area contributed by atoms with Crippen LogP contribution < -0.4 is 4.52 Å². The van der Waals surface area contributed by atoms with Crippen LogP contribution in [-0.2, 0) is 6.42 Å². The number of phenolic OH excluding ortho intramolecular Hbond substituents is 1. The lowest BCUT2D eigenvalue weighted by molar-refractivity contribution is 0.0990. The van der Waals surface area contributed by atoms with Gasteiger partial charge in [-0.05, 0) is 51.9 Å². The first-order chi connectivity index (χ1) is 9.60. The Labute approximate surface area is 130 Å². The first-order valence-electron chi connectivity index (χ1n) is 5.73. The van der Waals surface area contributed by atoms with Crippen LogP contribution in [-0.4, -0.2) is 10.9 Å². The number of Topliss-reactive ketones (excluding diaryl/α,β-unsaturated/α-hetero) is 1. The van der Waals surface area contributed by atoms with Gasteiger partial charge in [-0.15, -0.1) is 0 Å². The van der Waals surface area contributed by atoms with E-state index >= 15 is 0 Å². The SMILES string of the molecule is O=C(Cc1ccc(F)cc1)c1ccc(OPI)cc1O. The van der Waals surface area contributed by atoms with Crippen molar-refractivity contribution in [2.45, 2.75) is 6.42 Å². The monoisotopic (exact) mass is 404 g/mol. The molecule has 0 bridgehead atoms. The number of phenols is 1. The van der Waals surface area contributed by atoms with Crippen LogP contribution >= 0.6 is 28.5 Å². The van der Waals surface area contributed by atoms with E-state index in [1.54, 1.807) is 18.2 Å². The Morgan fingerprint density at radius 2 is 1.95 bits per heavy atom. The van der Waals surface area contributed by atoms with Crippen LogP contribution in [0.1, 0.15) is 15.9 Å². The number of benzene rings is 2. The third-order valence-corrected chi connectivity index (χ3v) is 3.68. The molecule has 20 heavy (non-hydrogen) atoms. The van der Waals surface area contributed by atoms with Gasteiger partial charge < -0.3 is 9.63 Å². The molecule has 0 aliphatic heterocycles. The van der Waals surface area contributed by atoms with Crippen LogP contribution in [0.15, 0.2) is 42.5 Å². The summed E-state index contributed by atoms with van der Waals surface area (Å²) in [6.45, 7) is 0.238. The molecule has 3 nitrogen and oxygen atoms in total. The standard InChI is InChI=1S/C14H11FIO3P/c15-10-3-1-9(2-4-10)7-13(17)12-6-5-11(19-20-16)8-14(12)18/h1-6,8,18,20H,7H2. The highest BCUT2D eigenvalue weighted by atomic mass is 127. The zero-order valence-electron chi connectivity index (χ0n) is 10.3. The quantitative estimate of drug-likeness (QED) is 0.460. The summed E-state index contributed by atoms with van der Waals surface area (Å²) in [7, 11) is 0. The number of carbonyl (C=O) groups excluding carboxylic acids is 1. The van der Waals surface area contributed by atoms with Gasteiger partial charge in [0.25, 0.3) is 0 Å². The van der Waals surface area contributed by atoms with Gasteiger partial charge in [-0.25, -0.2) is 4.39 Å². The largest absolute Gasteiger partial charge is 0.507 e. The molecule has 0 heterocycles. The molecule has 0 fully saturated rings. The van der Waals surface area contributed by atoms with Crippen molar-refractivity contribution in [2.75, 3.05) is 0 Å². The Balaban J connectivity index is 2.14. The fourth-order valence-corrected chi connectivity index (χ4v) is 2.72. The van der Waals surface area contributed by atoms with Crippen LogP contribution in [0, 0.1) is 5.82 Å². The molecule has 0 aliphatic carbocycles. The van der Waals surface area contributed by atoms with Gasteiger partial charge >= 0.3 is 0 Å². The van der Waals surface area contributed by atoms with Crippen molar-refractivity contribution in [1.82, 2.24) is 0 Å².